The Morgan fingerprint density at radius 3 is 2.74 bits per heavy atom. The van der Waals surface area contributed by atoms with E-state index in [1.54, 1.807) is 42.6 Å². The summed E-state index contributed by atoms with van der Waals surface area (Å²) in [7, 11) is 0. The highest BCUT2D eigenvalue weighted by Gasteiger charge is 2.11. The minimum Gasteiger partial charge on any atom is -0.341 e. The van der Waals surface area contributed by atoms with Gasteiger partial charge in [0.1, 0.15) is 5.82 Å². The number of nitrogens with one attached hydrogen (secondary N) is 3. The minimum atomic E-state index is -0.492. The number of aromatic nitrogens is 1. The fraction of sp³-hybridized carbons (Fsp3) is 0.0870. The number of hydrazine groups is 1. The van der Waals surface area contributed by atoms with E-state index in [9.17, 15) is 14.0 Å². The van der Waals surface area contributed by atoms with Gasteiger partial charge in [-0.3, -0.25) is 20.0 Å². The molecule has 8 heteroatoms. The van der Waals surface area contributed by atoms with Gasteiger partial charge in [0.05, 0.1) is 10.6 Å². The molecule has 2 aromatic carbocycles. The van der Waals surface area contributed by atoms with Crippen LogP contribution in [0.3, 0.4) is 0 Å². The van der Waals surface area contributed by atoms with E-state index in [0.717, 1.165) is 28.6 Å². The minimum absolute atomic E-state index is 0.273. The molecular weight excluding hydrogens is 415 g/mol. The van der Waals surface area contributed by atoms with Crippen LogP contribution in [-0.4, -0.2) is 16.8 Å². The molecule has 0 fully saturated rings. The molecule has 0 bridgehead atoms. The van der Waals surface area contributed by atoms with Gasteiger partial charge in [-0.2, -0.15) is 4.83 Å². The van der Waals surface area contributed by atoms with Gasteiger partial charge in [0.25, 0.3) is 11.8 Å². The summed E-state index contributed by atoms with van der Waals surface area (Å²) >= 11 is 0.969. The smallest absolute Gasteiger partial charge is 0.295 e. The fourth-order valence-corrected chi connectivity index (χ4v) is 3.33. The number of hydrogen-bond acceptors (Lipinski definition) is 5. The van der Waals surface area contributed by atoms with Crippen LogP contribution < -0.4 is 15.6 Å². The van der Waals surface area contributed by atoms with Crippen LogP contribution in [0.2, 0.25) is 0 Å². The van der Waals surface area contributed by atoms with Crippen molar-refractivity contribution in [3.05, 3.63) is 83.3 Å². The Balaban J connectivity index is 1.71. The fourth-order valence-electron chi connectivity index (χ4n) is 2.76. The van der Waals surface area contributed by atoms with Gasteiger partial charge >= 0.3 is 0 Å². The molecule has 3 aromatic rings. The number of carbonyl (C=O) groups excluding carboxylic acids is 2. The Hall–Kier alpha value is -3.67. The molecule has 1 heterocycles. The lowest BCUT2D eigenvalue weighted by molar-refractivity contribution is -0.115. The molecule has 3 rings (SSSR count). The third kappa shape index (κ3) is 6.15. The van der Waals surface area contributed by atoms with Crippen LogP contribution in [0.1, 0.15) is 21.5 Å². The zero-order valence-electron chi connectivity index (χ0n) is 16.6. The highest BCUT2D eigenvalue weighted by molar-refractivity contribution is 7.97. The van der Waals surface area contributed by atoms with E-state index < -0.39 is 5.91 Å². The maximum Gasteiger partial charge on any atom is 0.295 e. The number of amides is 2. The topological polar surface area (TPSA) is 83.1 Å². The monoisotopic (exact) mass is 434 g/mol. The summed E-state index contributed by atoms with van der Waals surface area (Å²) in [5, 5.41) is 2.60. The molecule has 0 saturated carbocycles. The first-order chi connectivity index (χ1) is 15.0. The number of halogens is 1. The normalized spacial score (nSPS) is 10.2. The first-order valence-corrected chi connectivity index (χ1v) is 10.1. The van der Waals surface area contributed by atoms with Crippen molar-refractivity contribution in [2.45, 2.75) is 18.4 Å². The number of pyridine rings is 1. The standard InChI is InChI=1S/C23H19FN4O2S/c1-3-22(29)26-14-16-8-9-25-20(12-16)17-10-15(2)11-18(13-17)23(30)27-28-31-21-7-5-4-6-19(21)24/h1,4-13,28H,14H2,2H3,(H,26,29)(H,27,30). The van der Waals surface area contributed by atoms with Crippen molar-refractivity contribution >= 4 is 23.8 Å². The van der Waals surface area contributed by atoms with E-state index in [1.165, 1.54) is 6.07 Å². The molecule has 0 spiro atoms. The molecular formula is C23H19FN4O2S. The average Bonchev–Trinajstić information content (AvgIpc) is 2.78. The molecule has 0 aliphatic rings. The second-order valence-corrected chi connectivity index (χ2v) is 7.40. The molecule has 6 nitrogen and oxygen atoms in total. The summed E-state index contributed by atoms with van der Waals surface area (Å²) < 4.78 is 13.7. The molecule has 0 unspecified atom stereocenters. The second-order valence-electron chi connectivity index (χ2n) is 6.55. The van der Waals surface area contributed by atoms with Crippen molar-refractivity contribution in [3.63, 3.8) is 0 Å². The maximum absolute atomic E-state index is 13.7. The van der Waals surface area contributed by atoms with Gasteiger partial charge in [0, 0.05) is 23.9 Å². The molecule has 1 aromatic heterocycles. The SMILES string of the molecule is C#CC(=O)NCc1ccnc(-c2cc(C)cc(C(=O)NNSc3ccccc3F)c2)c1. The number of nitrogens with zero attached hydrogens (tertiary/aromatic N) is 1. The van der Waals surface area contributed by atoms with Crippen LogP contribution in [0.4, 0.5) is 4.39 Å². The zero-order chi connectivity index (χ0) is 22.2. The van der Waals surface area contributed by atoms with Crippen molar-refractivity contribution in [3.8, 4) is 23.6 Å². The maximum atomic E-state index is 13.7. The summed E-state index contributed by atoms with van der Waals surface area (Å²) in [6.45, 7) is 2.15. The number of benzene rings is 2. The van der Waals surface area contributed by atoms with E-state index in [1.807, 2.05) is 25.0 Å². The van der Waals surface area contributed by atoms with Crippen molar-refractivity contribution in [2.24, 2.45) is 0 Å². The Bertz CT molecular complexity index is 1160. The summed E-state index contributed by atoms with van der Waals surface area (Å²) in [5.41, 5.74) is 6.07. The largest absolute Gasteiger partial charge is 0.341 e. The molecule has 156 valence electrons. The van der Waals surface area contributed by atoms with Crippen molar-refractivity contribution in [1.29, 1.82) is 0 Å². The van der Waals surface area contributed by atoms with Gasteiger partial charge in [-0.05, 0) is 78.4 Å². The molecule has 3 N–H and O–H groups in total. The van der Waals surface area contributed by atoms with Gasteiger partial charge in [-0.15, -0.1) is 6.42 Å². The van der Waals surface area contributed by atoms with E-state index in [-0.39, 0.29) is 18.3 Å². The molecule has 0 aliphatic carbocycles. The van der Waals surface area contributed by atoms with E-state index in [4.69, 9.17) is 6.42 Å². The van der Waals surface area contributed by atoms with Crippen LogP contribution in [0, 0.1) is 25.1 Å². The van der Waals surface area contributed by atoms with Gasteiger partial charge < -0.3 is 5.32 Å². The number of hydrogen-bond donors (Lipinski definition) is 3. The van der Waals surface area contributed by atoms with Crippen LogP contribution in [0.5, 0.6) is 0 Å². The number of carbonyl (C=O) groups is 2. The molecule has 0 atom stereocenters. The lowest BCUT2D eigenvalue weighted by atomic mass is 10.0. The number of terminal acetylenes is 1. The third-order valence-corrected chi connectivity index (χ3v) is 4.96. The van der Waals surface area contributed by atoms with Crippen LogP contribution in [0.15, 0.2) is 65.7 Å². The molecule has 31 heavy (non-hydrogen) atoms. The average molecular weight is 434 g/mol. The first kappa shape index (κ1) is 22.0. The Morgan fingerprint density at radius 2 is 1.97 bits per heavy atom. The van der Waals surface area contributed by atoms with E-state index in [2.05, 4.69) is 20.6 Å². The number of aryl methyl sites for hydroxylation is 1. The first-order valence-electron chi connectivity index (χ1n) is 9.24. The lowest BCUT2D eigenvalue weighted by Gasteiger charge is -2.10. The van der Waals surface area contributed by atoms with Crippen molar-refractivity contribution in [2.75, 3.05) is 0 Å². The summed E-state index contributed by atoms with van der Waals surface area (Å²) in [4.78, 5) is 31.2. The summed E-state index contributed by atoms with van der Waals surface area (Å²) in [6.07, 6.45) is 6.68. The van der Waals surface area contributed by atoms with Gasteiger partial charge in [0.15, 0.2) is 0 Å². The lowest BCUT2D eigenvalue weighted by Crippen LogP contribution is -2.32. The van der Waals surface area contributed by atoms with Crippen molar-refractivity contribution in [1.82, 2.24) is 20.6 Å². The van der Waals surface area contributed by atoms with Crippen molar-refractivity contribution < 1.29 is 14.0 Å². The predicted octanol–water partition coefficient (Wildman–Crippen LogP) is 3.39. The van der Waals surface area contributed by atoms with E-state index >= 15 is 0 Å². The van der Waals surface area contributed by atoms with Gasteiger partial charge in [0.2, 0.25) is 0 Å². The molecule has 0 saturated heterocycles. The highest BCUT2D eigenvalue weighted by atomic mass is 32.2. The quantitative estimate of drug-likeness (QED) is 0.302. The Morgan fingerprint density at radius 1 is 1.16 bits per heavy atom. The molecule has 0 radical (unpaired) electrons. The number of rotatable bonds is 7. The van der Waals surface area contributed by atoms with E-state index in [0.29, 0.717) is 16.2 Å². The van der Waals surface area contributed by atoms with Gasteiger partial charge in [-0.1, -0.05) is 12.1 Å². The predicted molar refractivity (Wildman–Crippen MR) is 118 cm³/mol. The third-order valence-electron chi connectivity index (χ3n) is 4.21. The Labute approximate surface area is 183 Å². The second kappa shape index (κ2) is 10.4. The molecule has 2 amide bonds. The summed E-state index contributed by atoms with van der Waals surface area (Å²) in [6, 6.07) is 15.2. The van der Waals surface area contributed by atoms with Crippen LogP contribution in [0.25, 0.3) is 11.3 Å². The van der Waals surface area contributed by atoms with Crippen LogP contribution >= 0.6 is 11.9 Å². The van der Waals surface area contributed by atoms with Gasteiger partial charge in [-0.25, -0.2) is 4.39 Å². The Kier molecular flexibility index (Phi) is 7.38. The highest BCUT2D eigenvalue weighted by Crippen LogP contribution is 2.22. The zero-order valence-corrected chi connectivity index (χ0v) is 17.4. The molecule has 0 aliphatic heterocycles. The summed E-state index contributed by atoms with van der Waals surface area (Å²) in [5.74, 6) is 0.761. The van der Waals surface area contributed by atoms with Crippen LogP contribution in [-0.2, 0) is 11.3 Å².